The first-order valence-corrected chi connectivity index (χ1v) is 7.00. The van der Waals surface area contributed by atoms with Crippen LogP contribution >= 0.6 is 0 Å². The molecule has 1 N–H and O–H groups in total. The van der Waals surface area contributed by atoms with E-state index in [-0.39, 0.29) is 24.4 Å². The van der Waals surface area contributed by atoms with Gasteiger partial charge in [0, 0.05) is 18.7 Å². The number of Topliss-reactive ketones (excluding diaryl/α,β-unsaturated/α-hetero) is 1. The van der Waals surface area contributed by atoms with Crippen LogP contribution in [0.4, 0.5) is 8.78 Å². The van der Waals surface area contributed by atoms with Crippen molar-refractivity contribution < 1.29 is 23.5 Å². The third kappa shape index (κ3) is 3.12. The molecule has 0 atom stereocenters. The van der Waals surface area contributed by atoms with Gasteiger partial charge in [0.15, 0.2) is 17.4 Å². The Morgan fingerprint density at radius 1 is 1.09 bits per heavy atom. The number of carbonyl (C=O) groups is 2. The molecule has 0 fully saturated rings. The second-order valence-corrected chi connectivity index (χ2v) is 5.49. The number of carboxylic acid groups (broad SMARTS) is 1. The molecule has 0 aromatic heterocycles. The number of nitrogens with zero attached hydrogens (tertiary/aromatic N) is 1. The van der Waals surface area contributed by atoms with Crippen LogP contribution < -0.4 is 0 Å². The van der Waals surface area contributed by atoms with Crippen molar-refractivity contribution in [2.75, 3.05) is 6.54 Å². The van der Waals surface area contributed by atoms with Crippen molar-refractivity contribution in [3.05, 3.63) is 70.3 Å². The lowest BCUT2D eigenvalue weighted by Gasteiger charge is -2.28. The Bertz CT molecular complexity index is 804. The average molecular weight is 317 g/mol. The normalized spacial score (nSPS) is 14.6. The highest BCUT2D eigenvalue weighted by molar-refractivity contribution is 6.01. The van der Waals surface area contributed by atoms with E-state index in [2.05, 4.69) is 0 Å². The van der Waals surface area contributed by atoms with Gasteiger partial charge in [-0.25, -0.2) is 13.6 Å². The van der Waals surface area contributed by atoms with Gasteiger partial charge in [0.2, 0.25) is 0 Å². The number of rotatable bonds is 3. The van der Waals surface area contributed by atoms with Crippen molar-refractivity contribution in [2.24, 2.45) is 0 Å². The van der Waals surface area contributed by atoms with E-state index in [1.54, 1.807) is 4.90 Å². The van der Waals surface area contributed by atoms with Crippen LogP contribution in [0.25, 0.3) is 0 Å². The number of ketones is 1. The molecule has 0 radical (unpaired) electrons. The molecule has 0 bridgehead atoms. The topological polar surface area (TPSA) is 57.6 Å². The monoisotopic (exact) mass is 317 g/mol. The Morgan fingerprint density at radius 3 is 2.57 bits per heavy atom. The molecule has 1 aliphatic rings. The number of hydrogen-bond acceptors (Lipinski definition) is 3. The van der Waals surface area contributed by atoms with Crippen LogP contribution in [0.3, 0.4) is 0 Å². The van der Waals surface area contributed by atoms with Gasteiger partial charge in [-0.1, -0.05) is 12.1 Å². The van der Waals surface area contributed by atoms with Crippen LogP contribution in [0.5, 0.6) is 0 Å². The number of carboxylic acids is 1. The zero-order chi connectivity index (χ0) is 16.6. The summed E-state index contributed by atoms with van der Waals surface area (Å²) in [6.45, 7) is 0.805. The smallest absolute Gasteiger partial charge is 0.335 e. The maximum Gasteiger partial charge on any atom is 0.335 e. The highest BCUT2D eigenvalue weighted by Gasteiger charge is 2.24. The van der Waals surface area contributed by atoms with E-state index in [1.807, 2.05) is 0 Å². The average Bonchev–Trinajstić information content (AvgIpc) is 2.50. The molecule has 118 valence electrons. The second kappa shape index (κ2) is 5.89. The molecule has 2 aromatic rings. The second-order valence-electron chi connectivity index (χ2n) is 5.49. The lowest BCUT2D eigenvalue weighted by atomic mass is 9.96. The predicted octanol–water partition coefficient (Wildman–Crippen LogP) is 2.86. The Balaban J connectivity index is 1.84. The van der Waals surface area contributed by atoms with Crippen LogP contribution in [0.15, 0.2) is 36.4 Å². The van der Waals surface area contributed by atoms with E-state index in [1.165, 1.54) is 24.3 Å². The summed E-state index contributed by atoms with van der Waals surface area (Å²) < 4.78 is 26.2. The maximum atomic E-state index is 13.3. The van der Waals surface area contributed by atoms with E-state index in [0.29, 0.717) is 23.2 Å². The number of hydrogen-bond donors (Lipinski definition) is 1. The van der Waals surface area contributed by atoms with Gasteiger partial charge < -0.3 is 5.11 Å². The lowest BCUT2D eigenvalue weighted by Crippen LogP contribution is -2.34. The summed E-state index contributed by atoms with van der Waals surface area (Å²) in [5.74, 6) is -3.02. The molecule has 2 aromatic carbocycles. The SMILES string of the molecule is O=C(O)c1ccc2c(c1)CN(Cc1ccc(F)c(F)c1)CC2=O. The molecule has 3 rings (SSSR count). The van der Waals surface area contributed by atoms with Crippen LogP contribution in [-0.2, 0) is 13.1 Å². The van der Waals surface area contributed by atoms with E-state index in [9.17, 15) is 18.4 Å². The van der Waals surface area contributed by atoms with E-state index in [0.717, 1.165) is 12.1 Å². The van der Waals surface area contributed by atoms with Gasteiger partial charge in [-0.05, 0) is 35.4 Å². The Morgan fingerprint density at radius 2 is 1.87 bits per heavy atom. The van der Waals surface area contributed by atoms with E-state index >= 15 is 0 Å². The fourth-order valence-corrected chi connectivity index (χ4v) is 2.72. The summed E-state index contributed by atoms with van der Waals surface area (Å²) in [5, 5.41) is 9.03. The first-order valence-electron chi connectivity index (χ1n) is 7.00. The molecule has 4 nitrogen and oxygen atoms in total. The third-order valence-electron chi connectivity index (χ3n) is 3.80. The van der Waals surface area contributed by atoms with Crippen LogP contribution in [-0.4, -0.2) is 28.3 Å². The third-order valence-corrected chi connectivity index (χ3v) is 3.80. The first kappa shape index (κ1) is 15.3. The number of carbonyl (C=O) groups excluding carboxylic acids is 1. The molecule has 1 aliphatic heterocycles. The summed E-state index contributed by atoms with van der Waals surface area (Å²) in [6, 6.07) is 8.02. The lowest BCUT2D eigenvalue weighted by molar-refractivity contribution is 0.0695. The van der Waals surface area contributed by atoms with Gasteiger partial charge in [-0.15, -0.1) is 0 Å². The minimum Gasteiger partial charge on any atom is -0.478 e. The number of aromatic carboxylic acids is 1. The molecule has 6 heteroatoms. The fraction of sp³-hybridized carbons (Fsp3) is 0.176. The van der Waals surface area contributed by atoms with Gasteiger partial charge in [0.05, 0.1) is 12.1 Å². The zero-order valence-electron chi connectivity index (χ0n) is 12.1. The highest BCUT2D eigenvalue weighted by atomic mass is 19.2. The fourth-order valence-electron chi connectivity index (χ4n) is 2.72. The zero-order valence-corrected chi connectivity index (χ0v) is 12.1. The predicted molar refractivity (Wildman–Crippen MR) is 78.2 cm³/mol. The van der Waals surface area contributed by atoms with Crippen molar-refractivity contribution >= 4 is 11.8 Å². The largest absolute Gasteiger partial charge is 0.478 e. The van der Waals surface area contributed by atoms with Gasteiger partial charge in [-0.3, -0.25) is 9.69 Å². The summed E-state index contributed by atoms with van der Waals surface area (Å²) in [7, 11) is 0. The maximum absolute atomic E-state index is 13.3. The summed E-state index contributed by atoms with van der Waals surface area (Å²) in [4.78, 5) is 25.0. The standard InChI is InChI=1S/C17H13F2NO3/c18-14-4-1-10(5-15(14)19)7-20-8-12-6-11(17(22)23)2-3-13(12)16(21)9-20/h1-6H,7-9H2,(H,22,23). The van der Waals surface area contributed by atoms with E-state index < -0.39 is 17.6 Å². The summed E-state index contributed by atoms with van der Waals surface area (Å²) >= 11 is 0. The van der Waals surface area contributed by atoms with Crippen molar-refractivity contribution in [2.45, 2.75) is 13.1 Å². The quantitative estimate of drug-likeness (QED) is 0.946. The Labute approximate surface area is 131 Å². The minimum atomic E-state index is -1.06. The molecule has 23 heavy (non-hydrogen) atoms. The Hall–Kier alpha value is -2.60. The molecular weight excluding hydrogens is 304 g/mol. The molecule has 1 heterocycles. The van der Waals surface area contributed by atoms with Crippen molar-refractivity contribution in [1.82, 2.24) is 4.90 Å². The molecule has 0 unspecified atom stereocenters. The molecule has 0 saturated carbocycles. The number of benzene rings is 2. The highest BCUT2D eigenvalue weighted by Crippen LogP contribution is 2.22. The van der Waals surface area contributed by atoms with Gasteiger partial charge in [0.1, 0.15) is 0 Å². The van der Waals surface area contributed by atoms with Crippen molar-refractivity contribution in [3.63, 3.8) is 0 Å². The van der Waals surface area contributed by atoms with Gasteiger partial charge in [0.25, 0.3) is 0 Å². The molecule has 0 spiro atoms. The molecular formula is C17H13F2NO3. The number of halogens is 2. The summed E-state index contributed by atoms with van der Waals surface area (Å²) in [5.41, 5.74) is 1.81. The molecule has 0 aliphatic carbocycles. The van der Waals surface area contributed by atoms with Crippen LogP contribution in [0.2, 0.25) is 0 Å². The number of fused-ring (bicyclic) bond motifs is 1. The molecule has 0 saturated heterocycles. The van der Waals surface area contributed by atoms with E-state index in [4.69, 9.17) is 5.11 Å². The Kier molecular flexibility index (Phi) is 3.92. The van der Waals surface area contributed by atoms with Crippen LogP contribution in [0.1, 0.15) is 31.8 Å². The van der Waals surface area contributed by atoms with Crippen molar-refractivity contribution in [1.29, 1.82) is 0 Å². The van der Waals surface area contributed by atoms with Gasteiger partial charge in [-0.2, -0.15) is 0 Å². The first-order chi connectivity index (χ1) is 10.9. The summed E-state index contributed by atoms with van der Waals surface area (Å²) in [6.07, 6.45) is 0. The van der Waals surface area contributed by atoms with Crippen molar-refractivity contribution in [3.8, 4) is 0 Å². The van der Waals surface area contributed by atoms with Crippen LogP contribution in [0, 0.1) is 11.6 Å². The van der Waals surface area contributed by atoms with Gasteiger partial charge >= 0.3 is 5.97 Å². The molecule has 0 amide bonds. The minimum absolute atomic E-state index is 0.117.